The fourth-order valence-electron chi connectivity index (χ4n) is 4.75. The first-order valence-electron chi connectivity index (χ1n) is 12.5. The molecule has 1 aliphatic rings. The Morgan fingerprint density at radius 3 is 1.33 bits per heavy atom. The van der Waals surface area contributed by atoms with Crippen molar-refractivity contribution in [1.82, 2.24) is 0 Å². The number of hydrogen-bond acceptors (Lipinski definition) is 4. The van der Waals surface area contributed by atoms with Crippen LogP contribution in [0.25, 0.3) is 0 Å². The number of phenolic OH excluding ortho intramolecular Hbond substituents is 2. The van der Waals surface area contributed by atoms with Crippen molar-refractivity contribution in [2.24, 2.45) is 9.98 Å². The predicted octanol–water partition coefficient (Wildman–Crippen LogP) is 4.16. The summed E-state index contributed by atoms with van der Waals surface area (Å²) in [7, 11) is 0. The number of aryl methyl sites for hydroxylation is 2. The van der Waals surface area contributed by atoms with Crippen molar-refractivity contribution in [2.75, 3.05) is 0 Å². The average molecular weight is 642 g/mol. The predicted molar refractivity (Wildman–Crippen MR) is 144 cm³/mol. The Morgan fingerprint density at radius 1 is 0.694 bits per heavy atom. The quantitative estimate of drug-likeness (QED) is 0.389. The van der Waals surface area contributed by atoms with E-state index in [-0.39, 0.29) is 64.3 Å². The maximum absolute atomic E-state index is 10.9. The van der Waals surface area contributed by atoms with Crippen LogP contribution in [0.1, 0.15) is 101 Å². The Kier molecular flexibility index (Phi) is 11.7. The number of rotatable bonds is 4. The maximum Gasteiger partial charge on any atom is 0.128 e. The van der Waals surface area contributed by atoms with E-state index in [1.807, 2.05) is 24.6 Å². The summed E-state index contributed by atoms with van der Waals surface area (Å²) in [5.41, 5.74) is 5.37. The van der Waals surface area contributed by atoms with Crippen LogP contribution >= 0.6 is 0 Å². The van der Waals surface area contributed by atoms with Crippen molar-refractivity contribution >= 4 is 12.4 Å². The molecule has 2 atom stereocenters. The molecular formula is C30H42CrIN2O2-. The summed E-state index contributed by atoms with van der Waals surface area (Å²) in [5.74, 6) is 0.634. The van der Waals surface area contributed by atoms with Gasteiger partial charge in [0, 0.05) is 52.0 Å². The van der Waals surface area contributed by atoms with Crippen LogP contribution in [0.2, 0.25) is 0 Å². The van der Waals surface area contributed by atoms with Gasteiger partial charge in [-0.15, -0.1) is 0 Å². The standard InChI is InChI=1S/C30H42N2O2.Cr.HI/c1-19-13-21(27(33)23(15-19)29(3,4)5)17-31-25-11-9-10-12-26(25)32-18-22-14-20(2)16-24(28(22)34)30(6,7)8;;/h13-18,25-26,33-34H,9-12H2,1-8H3;;1H/p-1/t25-,26-;;/m1../s1. The minimum absolute atomic E-state index is 0. The zero-order valence-electron chi connectivity index (χ0n) is 23.0. The van der Waals surface area contributed by atoms with E-state index in [0.717, 1.165) is 59.1 Å². The van der Waals surface area contributed by atoms with Crippen molar-refractivity contribution in [3.05, 3.63) is 57.6 Å². The Hall–Kier alpha value is -1.36. The number of benzene rings is 2. The molecule has 0 spiro atoms. The third kappa shape index (κ3) is 8.07. The number of phenols is 2. The topological polar surface area (TPSA) is 65.2 Å². The van der Waals surface area contributed by atoms with Crippen LogP contribution in [-0.4, -0.2) is 34.7 Å². The second-order valence-corrected chi connectivity index (χ2v) is 12.0. The van der Waals surface area contributed by atoms with Crippen LogP contribution in [0.3, 0.4) is 0 Å². The molecule has 0 heterocycles. The molecule has 1 aliphatic carbocycles. The average Bonchev–Trinajstić information content (AvgIpc) is 2.73. The summed E-state index contributed by atoms with van der Waals surface area (Å²) in [4.78, 5) is 9.82. The molecule has 2 N–H and O–H groups in total. The molecule has 6 heteroatoms. The number of nitrogens with zero attached hydrogens (tertiary/aromatic N) is 2. The molecule has 0 aromatic heterocycles. The number of hydrogen-bond donors (Lipinski definition) is 2. The van der Waals surface area contributed by atoms with Crippen molar-refractivity contribution in [3.8, 4) is 11.5 Å². The normalized spacial score (nSPS) is 18.8. The number of aromatic hydroxyl groups is 2. The fourth-order valence-corrected chi connectivity index (χ4v) is 4.75. The molecule has 2 aromatic carbocycles. The molecule has 2 aromatic rings. The molecule has 4 nitrogen and oxygen atoms in total. The van der Waals surface area contributed by atoms with Gasteiger partial charge in [-0.25, -0.2) is 0 Å². The van der Waals surface area contributed by atoms with Crippen LogP contribution in [0.5, 0.6) is 11.5 Å². The zero-order chi connectivity index (χ0) is 25.3. The van der Waals surface area contributed by atoms with Gasteiger partial charge in [-0.05, 0) is 60.8 Å². The van der Waals surface area contributed by atoms with Crippen LogP contribution in [0.15, 0.2) is 34.3 Å². The van der Waals surface area contributed by atoms with E-state index in [0.29, 0.717) is 11.5 Å². The van der Waals surface area contributed by atoms with E-state index in [1.54, 1.807) is 0 Å². The first-order chi connectivity index (χ1) is 15.8. The van der Waals surface area contributed by atoms with Gasteiger partial charge in [0.1, 0.15) is 11.5 Å². The summed E-state index contributed by atoms with van der Waals surface area (Å²) in [5, 5.41) is 21.8. The first kappa shape index (κ1) is 32.7. The first-order valence-corrected chi connectivity index (χ1v) is 12.5. The van der Waals surface area contributed by atoms with Gasteiger partial charge in [-0.3, -0.25) is 9.98 Å². The van der Waals surface area contributed by atoms with Crippen molar-refractivity contribution in [3.63, 3.8) is 0 Å². The van der Waals surface area contributed by atoms with Crippen molar-refractivity contribution < 1.29 is 51.6 Å². The van der Waals surface area contributed by atoms with Crippen molar-refractivity contribution in [2.45, 2.75) is 104 Å². The van der Waals surface area contributed by atoms with E-state index in [4.69, 9.17) is 9.98 Å². The smallest absolute Gasteiger partial charge is 0.128 e. The Morgan fingerprint density at radius 2 is 1.03 bits per heavy atom. The monoisotopic (exact) mass is 641 g/mol. The SMILES string of the molecule is Cc1cc(C=N[C@@H]2CCCC[C@H]2N=Cc2cc(C)cc(C(C)(C)C)c2O)c(O)c(C(C)(C)C)c1.[Cr].[I-]. The molecule has 36 heavy (non-hydrogen) atoms. The van der Waals surface area contributed by atoms with Gasteiger partial charge < -0.3 is 34.2 Å². The zero-order valence-corrected chi connectivity index (χ0v) is 26.5. The van der Waals surface area contributed by atoms with Gasteiger partial charge in [0.25, 0.3) is 0 Å². The summed E-state index contributed by atoms with van der Waals surface area (Å²) >= 11 is 0. The molecule has 0 aliphatic heterocycles. The van der Waals surface area contributed by atoms with E-state index < -0.39 is 0 Å². The summed E-state index contributed by atoms with van der Waals surface area (Å²) < 4.78 is 0. The molecule has 0 amide bonds. The van der Waals surface area contributed by atoms with E-state index in [2.05, 4.69) is 67.5 Å². The molecular weight excluding hydrogens is 599 g/mol. The summed E-state index contributed by atoms with van der Waals surface area (Å²) in [6, 6.07) is 8.23. The third-order valence-electron chi connectivity index (χ3n) is 6.69. The third-order valence-corrected chi connectivity index (χ3v) is 6.69. The van der Waals surface area contributed by atoms with Gasteiger partial charge in [0.05, 0.1) is 12.1 Å². The van der Waals surface area contributed by atoms with Crippen molar-refractivity contribution in [1.29, 1.82) is 0 Å². The Labute approximate surface area is 245 Å². The number of halogens is 1. The van der Waals surface area contributed by atoms with E-state index in [1.165, 1.54) is 0 Å². The van der Waals surface area contributed by atoms with Crippen LogP contribution < -0.4 is 24.0 Å². The summed E-state index contributed by atoms with van der Waals surface area (Å²) in [6.07, 6.45) is 7.88. The Balaban J connectivity index is 0.00000324. The van der Waals surface area contributed by atoms with Gasteiger partial charge in [0.15, 0.2) is 0 Å². The second-order valence-electron chi connectivity index (χ2n) is 12.0. The van der Waals surface area contributed by atoms with E-state index in [9.17, 15) is 10.2 Å². The van der Waals surface area contributed by atoms with E-state index >= 15 is 0 Å². The molecule has 3 rings (SSSR count). The molecule has 198 valence electrons. The fraction of sp³-hybridized carbons (Fsp3) is 0.533. The van der Waals surface area contributed by atoms with Crippen LogP contribution in [0, 0.1) is 13.8 Å². The van der Waals surface area contributed by atoms with Gasteiger partial charge >= 0.3 is 0 Å². The molecule has 0 bridgehead atoms. The molecule has 1 fully saturated rings. The molecule has 0 radical (unpaired) electrons. The number of aliphatic imine (C=N–C) groups is 2. The van der Waals surface area contributed by atoms with Crippen LogP contribution in [0.4, 0.5) is 0 Å². The minimum atomic E-state index is -0.141. The van der Waals surface area contributed by atoms with Gasteiger partial charge in [-0.1, -0.05) is 66.5 Å². The minimum Gasteiger partial charge on any atom is -1.00 e. The molecule has 0 unspecified atom stereocenters. The Bertz CT molecular complexity index is 1010. The molecule has 0 saturated heterocycles. The summed E-state index contributed by atoms with van der Waals surface area (Å²) in [6.45, 7) is 16.8. The van der Waals surface area contributed by atoms with Gasteiger partial charge in [0.2, 0.25) is 0 Å². The second kappa shape index (κ2) is 12.9. The van der Waals surface area contributed by atoms with Gasteiger partial charge in [-0.2, -0.15) is 0 Å². The van der Waals surface area contributed by atoms with Crippen LogP contribution in [-0.2, 0) is 28.2 Å². The largest absolute Gasteiger partial charge is 1.00 e. The molecule has 1 saturated carbocycles. The maximum atomic E-state index is 10.9.